The van der Waals surface area contributed by atoms with E-state index in [0.717, 1.165) is 19.6 Å². The van der Waals surface area contributed by atoms with Crippen LogP contribution >= 0.6 is 0 Å². The van der Waals surface area contributed by atoms with Crippen LogP contribution in [0.3, 0.4) is 0 Å². The monoisotopic (exact) mass is 378 g/mol. The molecule has 2 N–H and O–H groups in total. The Balaban J connectivity index is 1.45. The Labute approximate surface area is 165 Å². The SMILES string of the molecule is CC(=O)Nc1cccc(NC(=O)N2CCN(C/C=C/c3ccccc3)CC2)c1. The summed E-state index contributed by atoms with van der Waals surface area (Å²) in [6.45, 7) is 5.41. The molecule has 0 aliphatic carbocycles. The van der Waals surface area contributed by atoms with Gasteiger partial charge in [-0.25, -0.2) is 4.79 Å². The number of hydrogen-bond donors (Lipinski definition) is 2. The van der Waals surface area contributed by atoms with Gasteiger partial charge < -0.3 is 15.5 Å². The van der Waals surface area contributed by atoms with E-state index in [4.69, 9.17) is 0 Å². The Morgan fingerprint density at radius 2 is 1.61 bits per heavy atom. The fourth-order valence-corrected chi connectivity index (χ4v) is 3.12. The zero-order chi connectivity index (χ0) is 19.8. The van der Waals surface area contributed by atoms with Crippen LogP contribution in [0.1, 0.15) is 12.5 Å². The van der Waals surface area contributed by atoms with E-state index in [1.54, 1.807) is 18.2 Å². The van der Waals surface area contributed by atoms with Crippen LogP contribution in [0.15, 0.2) is 60.7 Å². The summed E-state index contributed by atoms with van der Waals surface area (Å²) in [7, 11) is 0. The highest BCUT2D eigenvalue weighted by Crippen LogP contribution is 2.16. The third kappa shape index (κ3) is 5.96. The lowest BCUT2D eigenvalue weighted by Gasteiger charge is -2.34. The smallest absolute Gasteiger partial charge is 0.321 e. The van der Waals surface area contributed by atoms with E-state index in [2.05, 4.69) is 39.8 Å². The second kappa shape index (κ2) is 9.71. The topological polar surface area (TPSA) is 64.7 Å². The number of rotatable bonds is 5. The fourth-order valence-electron chi connectivity index (χ4n) is 3.12. The van der Waals surface area contributed by atoms with Gasteiger partial charge in [-0.2, -0.15) is 0 Å². The third-order valence-corrected chi connectivity index (χ3v) is 4.57. The van der Waals surface area contributed by atoms with Gasteiger partial charge in [0.05, 0.1) is 0 Å². The Kier molecular flexibility index (Phi) is 6.81. The van der Waals surface area contributed by atoms with Crippen molar-refractivity contribution in [2.75, 3.05) is 43.4 Å². The van der Waals surface area contributed by atoms with Gasteiger partial charge in [0.15, 0.2) is 0 Å². The normalized spacial score (nSPS) is 14.8. The standard InChI is InChI=1S/C22H26N4O2/c1-18(27)23-20-10-5-11-21(17-20)24-22(28)26-15-13-25(14-16-26)12-6-9-19-7-3-2-4-8-19/h2-11,17H,12-16H2,1H3,(H,23,27)(H,24,28)/b9-6+. The van der Waals surface area contributed by atoms with Gasteiger partial charge in [0.1, 0.15) is 0 Å². The molecule has 0 radical (unpaired) electrons. The number of amides is 3. The van der Waals surface area contributed by atoms with Crippen molar-refractivity contribution in [3.63, 3.8) is 0 Å². The molecule has 3 rings (SSSR count). The molecule has 1 fully saturated rings. The maximum Gasteiger partial charge on any atom is 0.321 e. The molecule has 0 aromatic heterocycles. The first-order valence-corrected chi connectivity index (χ1v) is 9.48. The lowest BCUT2D eigenvalue weighted by atomic mass is 10.2. The molecule has 2 aromatic carbocycles. The quantitative estimate of drug-likeness (QED) is 0.837. The first-order chi connectivity index (χ1) is 13.6. The maximum absolute atomic E-state index is 12.5. The molecule has 1 heterocycles. The van der Waals surface area contributed by atoms with Gasteiger partial charge >= 0.3 is 6.03 Å². The molecule has 1 aliphatic heterocycles. The average Bonchev–Trinajstić information content (AvgIpc) is 2.69. The molecule has 1 aliphatic rings. The highest BCUT2D eigenvalue weighted by atomic mass is 16.2. The number of benzene rings is 2. The van der Waals surface area contributed by atoms with Crippen LogP contribution in [0.5, 0.6) is 0 Å². The van der Waals surface area contributed by atoms with Crippen molar-refractivity contribution in [1.29, 1.82) is 0 Å². The summed E-state index contributed by atoms with van der Waals surface area (Å²) in [6.07, 6.45) is 4.29. The second-order valence-corrected chi connectivity index (χ2v) is 6.79. The van der Waals surface area contributed by atoms with Crippen molar-refractivity contribution in [2.45, 2.75) is 6.92 Å². The molecule has 1 saturated heterocycles. The first-order valence-electron chi connectivity index (χ1n) is 9.48. The molecule has 28 heavy (non-hydrogen) atoms. The minimum atomic E-state index is -0.138. The number of anilines is 2. The van der Waals surface area contributed by atoms with E-state index in [9.17, 15) is 9.59 Å². The Hall–Kier alpha value is -3.12. The number of carbonyl (C=O) groups is 2. The molecule has 3 amide bonds. The van der Waals surface area contributed by atoms with Crippen molar-refractivity contribution in [1.82, 2.24) is 9.80 Å². The van der Waals surface area contributed by atoms with Crippen molar-refractivity contribution in [3.05, 3.63) is 66.2 Å². The van der Waals surface area contributed by atoms with Crippen LogP contribution in [0.4, 0.5) is 16.2 Å². The summed E-state index contributed by atoms with van der Waals surface area (Å²) < 4.78 is 0. The summed E-state index contributed by atoms with van der Waals surface area (Å²) in [5.74, 6) is -0.138. The lowest BCUT2D eigenvalue weighted by molar-refractivity contribution is -0.114. The van der Waals surface area contributed by atoms with Gasteiger partial charge in [-0.05, 0) is 23.8 Å². The van der Waals surface area contributed by atoms with E-state index in [1.165, 1.54) is 12.5 Å². The van der Waals surface area contributed by atoms with Gasteiger partial charge in [-0.1, -0.05) is 48.6 Å². The van der Waals surface area contributed by atoms with Crippen LogP contribution in [0.2, 0.25) is 0 Å². The van der Waals surface area contributed by atoms with Gasteiger partial charge in [0.25, 0.3) is 0 Å². The van der Waals surface area contributed by atoms with Crippen molar-refractivity contribution in [3.8, 4) is 0 Å². The molecule has 0 bridgehead atoms. The highest BCUT2D eigenvalue weighted by Gasteiger charge is 2.20. The first kappa shape index (κ1) is 19.6. The lowest BCUT2D eigenvalue weighted by Crippen LogP contribution is -2.49. The van der Waals surface area contributed by atoms with Gasteiger partial charge in [-0.15, -0.1) is 0 Å². The predicted octanol–water partition coefficient (Wildman–Crippen LogP) is 3.51. The van der Waals surface area contributed by atoms with Gasteiger partial charge in [0, 0.05) is 51.0 Å². The Morgan fingerprint density at radius 3 is 2.29 bits per heavy atom. The number of hydrogen-bond acceptors (Lipinski definition) is 3. The van der Waals surface area contributed by atoms with E-state index >= 15 is 0 Å². The van der Waals surface area contributed by atoms with Crippen molar-refractivity contribution >= 4 is 29.4 Å². The van der Waals surface area contributed by atoms with Crippen LogP contribution in [-0.2, 0) is 4.79 Å². The zero-order valence-corrected chi connectivity index (χ0v) is 16.1. The molecule has 146 valence electrons. The maximum atomic E-state index is 12.5. The summed E-state index contributed by atoms with van der Waals surface area (Å²) >= 11 is 0. The fraction of sp³-hybridized carbons (Fsp3) is 0.273. The number of piperazine rings is 1. The zero-order valence-electron chi connectivity index (χ0n) is 16.1. The Bertz CT molecular complexity index is 827. The number of carbonyl (C=O) groups excluding carboxylic acids is 2. The number of urea groups is 1. The van der Waals surface area contributed by atoms with Crippen LogP contribution in [-0.4, -0.2) is 54.5 Å². The van der Waals surface area contributed by atoms with E-state index in [0.29, 0.717) is 24.5 Å². The largest absolute Gasteiger partial charge is 0.326 e. The predicted molar refractivity (Wildman–Crippen MR) is 113 cm³/mol. The molecule has 6 heteroatoms. The number of nitrogens with one attached hydrogen (secondary N) is 2. The minimum absolute atomic E-state index is 0.112. The van der Waals surface area contributed by atoms with E-state index < -0.39 is 0 Å². The van der Waals surface area contributed by atoms with E-state index in [1.807, 2.05) is 29.2 Å². The molecule has 2 aromatic rings. The number of nitrogens with zero attached hydrogens (tertiary/aromatic N) is 2. The second-order valence-electron chi connectivity index (χ2n) is 6.79. The summed E-state index contributed by atoms with van der Waals surface area (Å²) in [4.78, 5) is 27.8. The minimum Gasteiger partial charge on any atom is -0.326 e. The molecular weight excluding hydrogens is 352 g/mol. The van der Waals surface area contributed by atoms with E-state index in [-0.39, 0.29) is 11.9 Å². The van der Waals surface area contributed by atoms with Crippen molar-refractivity contribution < 1.29 is 9.59 Å². The van der Waals surface area contributed by atoms with Gasteiger partial charge in [0.2, 0.25) is 5.91 Å². The molecule has 0 unspecified atom stereocenters. The van der Waals surface area contributed by atoms with Crippen LogP contribution < -0.4 is 10.6 Å². The van der Waals surface area contributed by atoms with Crippen LogP contribution in [0, 0.1) is 0 Å². The Morgan fingerprint density at radius 1 is 0.929 bits per heavy atom. The molecule has 6 nitrogen and oxygen atoms in total. The summed E-state index contributed by atoms with van der Waals surface area (Å²) in [5.41, 5.74) is 2.53. The molecular formula is C22H26N4O2. The van der Waals surface area contributed by atoms with Gasteiger partial charge in [-0.3, -0.25) is 9.69 Å². The highest BCUT2D eigenvalue weighted by molar-refractivity contribution is 5.92. The molecule has 0 saturated carbocycles. The van der Waals surface area contributed by atoms with Crippen LogP contribution in [0.25, 0.3) is 6.08 Å². The molecule has 0 atom stereocenters. The third-order valence-electron chi connectivity index (χ3n) is 4.57. The summed E-state index contributed by atoms with van der Waals surface area (Å²) in [6, 6.07) is 17.3. The molecule has 0 spiro atoms. The van der Waals surface area contributed by atoms with Crippen molar-refractivity contribution in [2.24, 2.45) is 0 Å². The summed E-state index contributed by atoms with van der Waals surface area (Å²) in [5, 5.41) is 5.63. The average molecular weight is 378 g/mol.